The number of aromatic nitrogens is 2. The van der Waals surface area contributed by atoms with Crippen LogP contribution in [0.2, 0.25) is 5.02 Å². The molecule has 7 nitrogen and oxygen atoms in total. The van der Waals surface area contributed by atoms with Gasteiger partial charge in [-0.25, -0.2) is 0 Å². The Labute approximate surface area is 217 Å². The molecule has 0 aliphatic heterocycles. The predicted octanol–water partition coefficient (Wildman–Crippen LogP) is 4.72. The first-order valence-electron chi connectivity index (χ1n) is 11.6. The van der Waals surface area contributed by atoms with Gasteiger partial charge in [-0.15, -0.1) is 0 Å². The van der Waals surface area contributed by atoms with Crippen LogP contribution in [0.1, 0.15) is 15.9 Å². The number of hydrogen-bond donors (Lipinski definition) is 2. The fourth-order valence-electron chi connectivity index (χ4n) is 4.37. The monoisotopic (exact) mass is 510 g/mol. The van der Waals surface area contributed by atoms with E-state index in [1.54, 1.807) is 67.0 Å². The molecule has 2 heterocycles. The fourth-order valence-corrected chi connectivity index (χ4v) is 4.59. The molecule has 0 aliphatic carbocycles. The number of nitrogens with zero attached hydrogens (tertiary/aromatic N) is 2. The maximum Gasteiger partial charge on any atom is 0.259 e. The molecule has 0 saturated heterocycles. The molecule has 0 aliphatic rings. The van der Waals surface area contributed by atoms with E-state index in [0.29, 0.717) is 27.5 Å². The molecule has 0 spiro atoms. The lowest BCUT2D eigenvalue weighted by Gasteiger charge is -2.30. The molecule has 2 amide bonds. The second-order valence-corrected chi connectivity index (χ2v) is 9.01. The van der Waals surface area contributed by atoms with E-state index in [1.807, 2.05) is 30.3 Å². The molecule has 0 radical (unpaired) electrons. The Morgan fingerprint density at radius 1 is 0.946 bits per heavy atom. The van der Waals surface area contributed by atoms with Crippen LogP contribution in [-0.4, -0.2) is 27.4 Å². The summed E-state index contributed by atoms with van der Waals surface area (Å²) in [5, 5.41) is 1.34. The van der Waals surface area contributed by atoms with Gasteiger partial charge in [0.1, 0.15) is 6.04 Å². The van der Waals surface area contributed by atoms with Crippen LogP contribution in [0.15, 0.2) is 108 Å². The fraction of sp³-hybridized carbons (Fsp3) is 0.0690. The first-order valence-corrected chi connectivity index (χ1v) is 12.0. The number of rotatable bonds is 7. The maximum atomic E-state index is 14.0. The van der Waals surface area contributed by atoms with Crippen LogP contribution >= 0.6 is 11.6 Å². The van der Waals surface area contributed by atoms with Crippen LogP contribution in [0.3, 0.4) is 0 Å². The Balaban J connectivity index is 1.59. The van der Waals surface area contributed by atoms with E-state index in [9.17, 15) is 14.4 Å². The van der Waals surface area contributed by atoms with Gasteiger partial charge in [-0.2, -0.15) is 0 Å². The van der Waals surface area contributed by atoms with Crippen molar-refractivity contribution in [1.82, 2.24) is 9.55 Å². The summed E-state index contributed by atoms with van der Waals surface area (Å²) >= 11 is 6.21. The van der Waals surface area contributed by atoms with Crippen LogP contribution in [0.4, 0.5) is 5.69 Å². The zero-order valence-corrected chi connectivity index (χ0v) is 20.4. The average Bonchev–Trinajstić information content (AvgIpc) is 3.29. The van der Waals surface area contributed by atoms with Crippen molar-refractivity contribution in [1.29, 1.82) is 0 Å². The number of amides is 2. The normalized spacial score (nSPS) is 11.8. The zero-order chi connectivity index (χ0) is 25.9. The smallest absolute Gasteiger partial charge is 0.259 e. The quantitative estimate of drug-likeness (QED) is 0.331. The highest BCUT2D eigenvalue weighted by molar-refractivity contribution is 6.35. The van der Waals surface area contributed by atoms with Crippen LogP contribution in [-0.2, 0) is 11.2 Å². The number of benzene rings is 3. The Morgan fingerprint density at radius 3 is 2.38 bits per heavy atom. The largest absolute Gasteiger partial charge is 0.368 e. The number of carbonyl (C=O) groups excluding carboxylic acids is 2. The molecule has 0 unspecified atom stereocenters. The molecule has 3 aromatic carbocycles. The Hall–Kier alpha value is -4.62. The third kappa shape index (κ3) is 4.90. The highest BCUT2D eigenvalue weighted by atomic mass is 35.5. The summed E-state index contributed by atoms with van der Waals surface area (Å²) in [5.41, 5.74) is 8.73. The molecule has 0 saturated carbocycles. The Kier molecular flexibility index (Phi) is 6.62. The lowest BCUT2D eigenvalue weighted by atomic mass is 10.0. The molecule has 0 fully saturated rings. The van der Waals surface area contributed by atoms with E-state index in [1.165, 1.54) is 15.5 Å². The van der Waals surface area contributed by atoms with Gasteiger partial charge in [0.2, 0.25) is 5.91 Å². The van der Waals surface area contributed by atoms with Crippen LogP contribution in [0.5, 0.6) is 0 Å². The minimum atomic E-state index is -0.955. The Bertz CT molecular complexity index is 1640. The van der Waals surface area contributed by atoms with Gasteiger partial charge < -0.3 is 10.7 Å². The van der Waals surface area contributed by atoms with E-state index >= 15 is 0 Å². The van der Waals surface area contributed by atoms with Crippen molar-refractivity contribution in [3.05, 3.63) is 130 Å². The topological polar surface area (TPSA) is 101 Å². The number of nitrogens with two attached hydrogens (primary N) is 1. The summed E-state index contributed by atoms with van der Waals surface area (Å²) in [7, 11) is 0. The van der Waals surface area contributed by atoms with Gasteiger partial charge in [-0.3, -0.25) is 23.9 Å². The van der Waals surface area contributed by atoms with Gasteiger partial charge in [-0.05, 0) is 48.0 Å². The van der Waals surface area contributed by atoms with Crippen molar-refractivity contribution in [3.63, 3.8) is 0 Å². The number of H-pyrrole nitrogens is 1. The lowest BCUT2D eigenvalue weighted by molar-refractivity contribution is -0.119. The van der Waals surface area contributed by atoms with Gasteiger partial charge >= 0.3 is 0 Å². The number of aromatic amines is 1. The zero-order valence-electron chi connectivity index (χ0n) is 19.7. The lowest BCUT2D eigenvalue weighted by Crippen LogP contribution is -2.49. The van der Waals surface area contributed by atoms with E-state index in [2.05, 4.69) is 4.98 Å². The molecule has 0 bridgehead atoms. The first-order chi connectivity index (χ1) is 17.9. The van der Waals surface area contributed by atoms with Gasteiger partial charge in [0.05, 0.1) is 5.02 Å². The standard InChI is InChI=1S/C29H23ClN4O3/c30-24-18-32-25-17-20(9-14-23(24)25)29(37)34(26(28(31)36)16-19-6-2-1-3-7-19)22-12-10-21(11-13-22)33-15-5-4-8-27(33)35/h1-15,17-18,26,32H,16H2,(H2,31,36)/t26-/m0/s1. The predicted molar refractivity (Wildman–Crippen MR) is 145 cm³/mol. The minimum Gasteiger partial charge on any atom is -0.368 e. The molecule has 37 heavy (non-hydrogen) atoms. The third-order valence-corrected chi connectivity index (χ3v) is 6.55. The number of carbonyl (C=O) groups is 2. The Morgan fingerprint density at radius 2 is 1.68 bits per heavy atom. The van der Waals surface area contributed by atoms with Crippen molar-refractivity contribution in [2.24, 2.45) is 5.73 Å². The van der Waals surface area contributed by atoms with E-state index in [4.69, 9.17) is 17.3 Å². The summed E-state index contributed by atoms with van der Waals surface area (Å²) in [4.78, 5) is 43.5. The second kappa shape index (κ2) is 10.2. The van der Waals surface area contributed by atoms with Crippen molar-refractivity contribution in [3.8, 4) is 5.69 Å². The summed E-state index contributed by atoms with van der Waals surface area (Å²) < 4.78 is 1.49. The number of anilines is 1. The number of hydrogen-bond acceptors (Lipinski definition) is 3. The highest BCUT2D eigenvalue weighted by Gasteiger charge is 2.31. The number of pyridine rings is 1. The van der Waals surface area contributed by atoms with Crippen molar-refractivity contribution >= 4 is 40.0 Å². The van der Waals surface area contributed by atoms with Gasteiger partial charge in [0, 0.05) is 52.7 Å². The van der Waals surface area contributed by atoms with Crippen LogP contribution < -0.4 is 16.2 Å². The molecule has 5 rings (SSSR count). The minimum absolute atomic E-state index is 0.180. The summed E-state index contributed by atoms with van der Waals surface area (Å²) in [6.07, 6.45) is 3.56. The van der Waals surface area contributed by atoms with E-state index < -0.39 is 17.9 Å². The molecule has 1 atom stereocenters. The summed E-state index contributed by atoms with van der Waals surface area (Å²) in [5.74, 6) is -1.03. The van der Waals surface area contributed by atoms with Gasteiger partial charge in [-0.1, -0.05) is 54.1 Å². The molecule has 3 N–H and O–H groups in total. The van der Waals surface area contributed by atoms with Crippen molar-refractivity contribution < 1.29 is 9.59 Å². The highest BCUT2D eigenvalue weighted by Crippen LogP contribution is 2.27. The summed E-state index contributed by atoms with van der Waals surface area (Å²) in [6.45, 7) is 0. The van der Waals surface area contributed by atoms with Crippen molar-refractivity contribution in [2.45, 2.75) is 12.5 Å². The van der Waals surface area contributed by atoms with E-state index in [0.717, 1.165) is 10.9 Å². The molecular weight excluding hydrogens is 488 g/mol. The van der Waals surface area contributed by atoms with Crippen LogP contribution in [0, 0.1) is 0 Å². The average molecular weight is 511 g/mol. The number of nitrogens with one attached hydrogen (secondary N) is 1. The van der Waals surface area contributed by atoms with E-state index in [-0.39, 0.29) is 12.0 Å². The van der Waals surface area contributed by atoms with Gasteiger partial charge in [0.25, 0.3) is 11.5 Å². The molecule has 2 aromatic heterocycles. The molecule has 5 aromatic rings. The number of primary amides is 1. The third-order valence-electron chi connectivity index (χ3n) is 6.24. The second-order valence-electron chi connectivity index (χ2n) is 8.61. The number of fused-ring (bicyclic) bond motifs is 1. The maximum absolute atomic E-state index is 14.0. The molecule has 8 heteroatoms. The number of halogens is 1. The van der Waals surface area contributed by atoms with Gasteiger partial charge in [0.15, 0.2) is 0 Å². The molecule has 184 valence electrons. The van der Waals surface area contributed by atoms with Crippen molar-refractivity contribution in [2.75, 3.05) is 4.90 Å². The SMILES string of the molecule is NC(=O)[C@H](Cc1ccccc1)N(C(=O)c1ccc2c(Cl)c[nH]c2c1)c1ccc(-n2ccccc2=O)cc1. The molecular formula is C29H23ClN4O3. The van der Waals surface area contributed by atoms with Crippen LogP contribution in [0.25, 0.3) is 16.6 Å². The first kappa shape index (κ1) is 24.1. The summed E-state index contributed by atoms with van der Waals surface area (Å²) in [6, 6.07) is 25.3.